The Hall–Kier alpha value is -0.530. The van der Waals surface area contributed by atoms with Gasteiger partial charge in [0, 0.05) is 13.1 Å². The zero-order valence-corrected chi connectivity index (χ0v) is 8.09. The number of rotatable bonds is 4. The molecular weight excluding hydrogens is 170 g/mol. The lowest BCUT2D eigenvalue weighted by molar-refractivity contribution is 0.449. The summed E-state index contributed by atoms with van der Waals surface area (Å²) >= 11 is 5.95. The highest BCUT2D eigenvalue weighted by atomic mass is 35.5. The number of halogens is 1. The Labute approximate surface area is 79.1 Å². The highest BCUT2D eigenvalue weighted by Crippen LogP contribution is 2.06. The van der Waals surface area contributed by atoms with Gasteiger partial charge in [0.15, 0.2) is 0 Å². The van der Waals surface area contributed by atoms with Gasteiger partial charge in [-0.25, -0.2) is 4.42 Å². The lowest BCUT2D eigenvalue weighted by Crippen LogP contribution is -2.11. The van der Waals surface area contributed by atoms with Gasteiger partial charge in [0.05, 0.1) is 0 Å². The molecule has 0 heterocycles. The first-order valence-corrected chi connectivity index (χ1v) is 4.61. The lowest BCUT2D eigenvalue weighted by Gasteiger charge is -2.11. The van der Waals surface area contributed by atoms with Crippen LogP contribution in [0.3, 0.4) is 0 Å². The summed E-state index contributed by atoms with van der Waals surface area (Å²) in [7, 11) is 0. The van der Waals surface area contributed by atoms with Crippen LogP contribution in [0.2, 0.25) is 0 Å². The molecule has 0 saturated carbocycles. The molecule has 0 fully saturated rings. The summed E-state index contributed by atoms with van der Waals surface area (Å²) < 4.78 is 1.81. The molecular formula is C10H14ClN. The molecule has 1 nitrogen and oxygen atoms in total. The molecule has 0 radical (unpaired) electrons. The van der Waals surface area contributed by atoms with E-state index >= 15 is 0 Å². The van der Waals surface area contributed by atoms with Crippen LogP contribution in [0.25, 0.3) is 0 Å². The average molecular weight is 184 g/mol. The van der Waals surface area contributed by atoms with E-state index in [1.165, 1.54) is 5.56 Å². The first kappa shape index (κ1) is 9.56. The van der Waals surface area contributed by atoms with Crippen LogP contribution in [-0.2, 0) is 6.54 Å². The van der Waals surface area contributed by atoms with Gasteiger partial charge >= 0.3 is 0 Å². The Balaban J connectivity index is 2.41. The average Bonchev–Trinajstić information content (AvgIpc) is 2.06. The van der Waals surface area contributed by atoms with Crippen LogP contribution in [0.5, 0.6) is 0 Å². The van der Waals surface area contributed by atoms with Crippen molar-refractivity contribution in [3.05, 3.63) is 35.9 Å². The molecule has 12 heavy (non-hydrogen) atoms. The van der Waals surface area contributed by atoms with Crippen molar-refractivity contribution in [2.45, 2.75) is 19.9 Å². The predicted molar refractivity (Wildman–Crippen MR) is 53.0 cm³/mol. The van der Waals surface area contributed by atoms with Gasteiger partial charge in [-0.3, -0.25) is 0 Å². The first-order chi connectivity index (χ1) is 5.83. The van der Waals surface area contributed by atoms with Crippen molar-refractivity contribution in [3.63, 3.8) is 0 Å². The van der Waals surface area contributed by atoms with Crippen LogP contribution in [0.15, 0.2) is 30.3 Å². The van der Waals surface area contributed by atoms with E-state index in [0.29, 0.717) is 0 Å². The molecule has 0 N–H and O–H groups in total. The summed E-state index contributed by atoms with van der Waals surface area (Å²) in [5, 5.41) is 0. The van der Waals surface area contributed by atoms with E-state index in [9.17, 15) is 0 Å². The number of nitrogens with zero attached hydrogens (tertiary/aromatic N) is 1. The second-order valence-corrected chi connectivity index (χ2v) is 3.31. The SMILES string of the molecule is CCCN(Cl)Cc1ccccc1. The summed E-state index contributed by atoms with van der Waals surface area (Å²) in [6.45, 7) is 3.90. The third kappa shape index (κ3) is 3.24. The van der Waals surface area contributed by atoms with Gasteiger partial charge in [-0.05, 0) is 23.8 Å². The van der Waals surface area contributed by atoms with Crippen molar-refractivity contribution in [3.8, 4) is 0 Å². The third-order valence-electron chi connectivity index (χ3n) is 1.66. The molecule has 66 valence electrons. The minimum atomic E-state index is 0.830. The highest BCUT2D eigenvalue weighted by Gasteiger charge is 1.98. The molecule has 2 heteroatoms. The normalized spacial score (nSPS) is 10.6. The minimum Gasteiger partial charge on any atom is -0.216 e. The van der Waals surface area contributed by atoms with Gasteiger partial charge in [-0.2, -0.15) is 0 Å². The standard InChI is InChI=1S/C10H14ClN/c1-2-8-12(11)9-10-6-4-3-5-7-10/h3-7H,2,8-9H2,1H3. The van der Waals surface area contributed by atoms with Crippen molar-refractivity contribution in [1.29, 1.82) is 0 Å². The fraction of sp³-hybridized carbons (Fsp3) is 0.400. The molecule has 0 aliphatic rings. The van der Waals surface area contributed by atoms with Crippen molar-refractivity contribution in [1.82, 2.24) is 4.42 Å². The molecule has 0 aliphatic carbocycles. The van der Waals surface area contributed by atoms with Crippen molar-refractivity contribution in [2.75, 3.05) is 6.54 Å². The van der Waals surface area contributed by atoms with Crippen molar-refractivity contribution < 1.29 is 0 Å². The van der Waals surface area contributed by atoms with Gasteiger partial charge in [-0.1, -0.05) is 37.3 Å². The summed E-state index contributed by atoms with van der Waals surface area (Å²) in [6, 6.07) is 10.3. The predicted octanol–water partition coefficient (Wildman–Crippen LogP) is 3.05. The zero-order valence-electron chi connectivity index (χ0n) is 7.33. The Morgan fingerprint density at radius 3 is 2.50 bits per heavy atom. The van der Waals surface area contributed by atoms with Gasteiger partial charge in [0.2, 0.25) is 0 Å². The minimum absolute atomic E-state index is 0.830. The van der Waals surface area contributed by atoms with Gasteiger partial charge in [0.25, 0.3) is 0 Å². The van der Waals surface area contributed by atoms with Gasteiger partial charge < -0.3 is 0 Å². The Kier molecular flexibility index (Phi) is 4.12. The van der Waals surface area contributed by atoms with E-state index in [4.69, 9.17) is 11.8 Å². The molecule has 1 aromatic carbocycles. The highest BCUT2D eigenvalue weighted by molar-refractivity contribution is 6.13. The molecule has 1 aromatic rings. The second kappa shape index (κ2) is 5.18. The Morgan fingerprint density at radius 1 is 1.25 bits per heavy atom. The van der Waals surface area contributed by atoms with E-state index < -0.39 is 0 Å². The fourth-order valence-corrected chi connectivity index (χ4v) is 1.41. The Morgan fingerprint density at radius 2 is 1.92 bits per heavy atom. The number of hydrogen-bond donors (Lipinski definition) is 0. The van der Waals surface area contributed by atoms with E-state index in [2.05, 4.69) is 19.1 Å². The summed E-state index contributed by atoms with van der Waals surface area (Å²) in [4.78, 5) is 0. The first-order valence-electron chi connectivity index (χ1n) is 4.27. The monoisotopic (exact) mass is 183 g/mol. The van der Waals surface area contributed by atoms with Crippen LogP contribution in [0.1, 0.15) is 18.9 Å². The van der Waals surface area contributed by atoms with Crippen LogP contribution in [0.4, 0.5) is 0 Å². The van der Waals surface area contributed by atoms with Crippen molar-refractivity contribution in [2.24, 2.45) is 0 Å². The topological polar surface area (TPSA) is 3.24 Å². The molecule has 0 atom stereocenters. The fourth-order valence-electron chi connectivity index (χ4n) is 1.10. The maximum absolute atomic E-state index is 5.95. The van der Waals surface area contributed by atoms with Gasteiger partial charge in [0.1, 0.15) is 0 Å². The largest absolute Gasteiger partial charge is 0.216 e. The number of hydrogen-bond acceptors (Lipinski definition) is 1. The number of benzene rings is 1. The maximum atomic E-state index is 5.95. The molecule has 0 unspecified atom stereocenters. The summed E-state index contributed by atoms with van der Waals surface area (Å²) in [5.41, 5.74) is 1.26. The van der Waals surface area contributed by atoms with E-state index in [1.54, 1.807) is 0 Å². The zero-order chi connectivity index (χ0) is 8.81. The Bertz CT molecular complexity index is 210. The molecule has 1 rings (SSSR count). The summed E-state index contributed by atoms with van der Waals surface area (Å²) in [6.07, 6.45) is 1.09. The maximum Gasteiger partial charge on any atom is 0.0389 e. The third-order valence-corrected chi connectivity index (χ3v) is 1.95. The van der Waals surface area contributed by atoms with Crippen LogP contribution < -0.4 is 0 Å². The van der Waals surface area contributed by atoms with Crippen LogP contribution in [-0.4, -0.2) is 11.0 Å². The van der Waals surface area contributed by atoms with Crippen LogP contribution >= 0.6 is 11.8 Å². The van der Waals surface area contributed by atoms with E-state index in [0.717, 1.165) is 19.5 Å². The second-order valence-electron chi connectivity index (χ2n) is 2.83. The van der Waals surface area contributed by atoms with Crippen LogP contribution in [0, 0.1) is 0 Å². The van der Waals surface area contributed by atoms with Gasteiger partial charge in [-0.15, -0.1) is 0 Å². The van der Waals surface area contributed by atoms with Crippen molar-refractivity contribution >= 4 is 11.8 Å². The molecule has 0 saturated heterocycles. The van der Waals surface area contributed by atoms with E-state index in [-0.39, 0.29) is 0 Å². The quantitative estimate of drug-likeness (QED) is 0.649. The molecule has 0 spiro atoms. The molecule has 0 bridgehead atoms. The lowest BCUT2D eigenvalue weighted by atomic mass is 10.2. The molecule has 0 aromatic heterocycles. The summed E-state index contributed by atoms with van der Waals surface area (Å²) in [5.74, 6) is 0. The molecule has 0 aliphatic heterocycles. The van der Waals surface area contributed by atoms with E-state index in [1.807, 2.05) is 22.6 Å². The molecule has 0 amide bonds. The smallest absolute Gasteiger partial charge is 0.0389 e.